The van der Waals surface area contributed by atoms with Crippen LogP contribution in [0.2, 0.25) is 0 Å². The lowest BCUT2D eigenvalue weighted by Crippen LogP contribution is -1.58. The molecule has 2 heterocycles. The number of nitrogens with zero attached hydrogens (tertiary/aromatic N) is 2. The third-order valence-corrected chi connectivity index (χ3v) is 0.914. The molecular formula is C8H9ClN2O. The van der Waals surface area contributed by atoms with Crippen molar-refractivity contribution in [3.8, 4) is 0 Å². The second kappa shape index (κ2) is 7.75. The Morgan fingerprint density at radius 1 is 0.833 bits per heavy atom. The largest absolute Gasteiger partial charge is 0.452 e. The van der Waals surface area contributed by atoms with E-state index in [2.05, 4.69) is 14.4 Å². The molecule has 0 saturated heterocycles. The van der Waals surface area contributed by atoms with E-state index in [-0.39, 0.29) is 12.4 Å². The zero-order valence-corrected chi connectivity index (χ0v) is 7.15. The Morgan fingerprint density at radius 2 is 1.58 bits per heavy atom. The fraction of sp³-hybridized carbons (Fsp3) is 0. The van der Waals surface area contributed by atoms with Crippen LogP contribution in [0.4, 0.5) is 0 Å². The first-order valence-electron chi connectivity index (χ1n) is 3.17. The number of aromatic nitrogens is 2. The van der Waals surface area contributed by atoms with Crippen LogP contribution in [0.5, 0.6) is 0 Å². The van der Waals surface area contributed by atoms with Gasteiger partial charge >= 0.3 is 0 Å². The molecule has 2 rings (SSSR count). The van der Waals surface area contributed by atoms with Gasteiger partial charge in [0.05, 0.1) is 6.20 Å². The number of hydrogen-bond acceptors (Lipinski definition) is 3. The molecule has 3 nitrogen and oxygen atoms in total. The molecule has 0 unspecified atom stereocenters. The lowest BCUT2D eigenvalue weighted by Gasteiger charge is -1.70. The second-order valence-electron chi connectivity index (χ2n) is 1.70. The van der Waals surface area contributed by atoms with Gasteiger partial charge in [-0.2, -0.15) is 0 Å². The smallest absolute Gasteiger partial charge is 0.180 e. The summed E-state index contributed by atoms with van der Waals surface area (Å²) in [5, 5.41) is 0. The average molecular weight is 185 g/mol. The first-order chi connectivity index (χ1) is 5.50. The van der Waals surface area contributed by atoms with E-state index in [4.69, 9.17) is 0 Å². The maximum Gasteiger partial charge on any atom is 0.180 e. The predicted octanol–water partition coefficient (Wildman–Crippen LogP) is 2.18. The van der Waals surface area contributed by atoms with Crippen molar-refractivity contribution in [2.75, 3.05) is 0 Å². The zero-order chi connectivity index (χ0) is 7.78. The Balaban J connectivity index is 0.000000189. The van der Waals surface area contributed by atoms with Crippen molar-refractivity contribution in [3.63, 3.8) is 0 Å². The Bertz CT molecular complexity index is 203. The van der Waals surface area contributed by atoms with E-state index < -0.39 is 0 Å². The normalized spacial score (nSPS) is 7.33. The summed E-state index contributed by atoms with van der Waals surface area (Å²) in [5.74, 6) is 0. The lowest BCUT2D eigenvalue weighted by atomic mass is 10.5. The Labute approximate surface area is 76.9 Å². The van der Waals surface area contributed by atoms with Gasteiger partial charge in [-0.05, 0) is 12.1 Å². The third-order valence-electron chi connectivity index (χ3n) is 0.914. The van der Waals surface area contributed by atoms with E-state index in [1.807, 2.05) is 18.2 Å². The van der Waals surface area contributed by atoms with Crippen molar-refractivity contribution in [2.24, 2.45) is 0 Å². The molecule has 0 aliphatic carbocycles. The molecule has 0 amide bonds. The van der Waals surface area contributed by atoms with Crippen molar-refractivity contribution < 1.29 is 4.42 Å². The molecule has 64 valence electrons. The summed E-state index contributed by atoms with van der Waals surface area (Å²) < 4.78 is 4.47. The van der Waals surface area contributed by atoms with Crippen molar-refractivity contribution in [1.29, 1.82) is 0 Å². The van der Waals surface area contributed by atoms with Gasteiger partial charge in [0.25, 0.3) is 0 Å². The van der Waals surface area contributed by atoms with E-state index in [0.717, 1.165) is 0 Å². The lowest BCUT2D eigenvalue weighted by molar-refractivity contribution is 0.558. The standard InChI is InChI=1S/C5H5N.C3H3NO.ClH/c1-2-4-6-5-3-1;1-2-5-3-4-1;/h1-5H;1-3H;1H. The van der Waals surface area contributed by atoms with Crippen molar-refractivity contribution in [1.82, 2.24) is 9.97 Å². The summed E-state index contributed by atoms with van der Waals surface area (Å²) in [4.78, 5) is 7.34. The summed E-state index contributed by atoms with van der Waals surface area (Å²) in [6, 6.07) is 5.72. The van der Waals surface area contributed by atoms with E-state index >= 15 is 0 Å². The molecule has 0 aromatic carbocycles. The molecule has 0 radical (unpaired) electrons. The fourth-order valence-corrected chi connectivity index (χ4v) is 0.488. The molecule has 0 aliphatic heterocycles. The highest BCUT2D eigenvalue weighted by Crippen LogP contribution is 1.73. The Morgan fingerprint density at radius 3 is 1.75 bits per heavy atom. The second-order valence-corrected chi connectivity index (χ2v) is 1.70. The molecule has 0 aliphatic rings. The van der Waals surface area contributed by atoms with E-state index in [1.54, 1.807) is 18.6 Å². The molecule has 2 aromatic rings. The van der Waals surface area contributed by atoms with Crippen LogP contribution in [-0.4, -0.2) is 9.97 Å². The number of hydrogen-bond donors (Lipinski definition) is 0. The highest BCUT2D eigenvalue weighted by atomic mass is 35.5. The van der Waals surface area contributed by atoms with Gasteiger partial charge < -0.3 is 4.42 Å². The van der Waals surface area contributed by atoms with Crippen LogP contribution < -0.4 is 0 Å². The molecule has 0 atom stereocenters. The van der Waals surface area contributed by atoms with Crippen molar-refractivity contribution in [2.45, 2.75) is 0 Å². The third kappa shape index (κ3) is 5.44. The summed E-state index contributed by atoms with van der Waals surface area (Å²) in [7, 11) is 0. The molecular weight excluding hydrogens is 176 g/mol. The first kappa shape index (κ1) is 10.7. The van der Waals surface area contributed by atoms with Crippen LogP contribution in [0.25, 0.3) is 0 Å². The number of halogens is 1. The molecule has 4 heteroatoms. The summed E-state index contributed by atoms with van der Waals surface area (Å²) in [6.45, 7) is 0. The van der Waals surface area contributed by atoms with Crippen LogP contribution in [0, 0.1) is 0 Å². The monoisotopic (exact) mass is 184 g/mol. The first-order valence-corrected chi connectivity index (χ1v) is 3.17. The van der Waals surface area contributed by atoms with Gasteiger partial charge in [-0.1, -0.05) is 6.07 Å². The molecule has 12 heavy (non-hydrogen) atoms. The quantitative estimate of drug-likeness (QED) is 0.630. The Hall–Kier alpha value is -1.35. The van der Waals surface area contributed by atoms with Gasteiger partial charge in [0, 0.05) is 12.4 Å². The predicted molar refractivity (Wildman–Crippen MR) is 48.0 cm³/mol. The van der Waals surface area contributed by atoms with Crippen LogP contribution in [-0.2, 0) is 0 Å². The highest BCUT2D eigenvalue weighted by molar-refractivity contribution is 5.85. The van der Waals surface area contributed by atoms with Gasteiger partial charge in [-0.15, -0.1) is 12.4 Å². The Kier molecular flexibility index (Phi) is 6.88. The van der Waals surface area contributed by atoms with Gasteiger partial charge in [0.15, 0.2) is 6.39 Å². The minimum absolute atomic E-state index is 0. The zero-order valence-electron chi connectivity index (χ0n) is 6.33. The minimum atomic E-state index is 0. The SMILES string of the molecule is Cl.c1ccncc1.c1cocn1. The van der Waals surface area contributed by atoms with Crippen molar-refractivity contribution >= 4 is 12.4 Å². The van der Waals surface area contributed by atoms with Gasteiger partial charge in [-0.3, -0.25) is 4.98 Å². The van der Waals surface area contributed by atoms with Gasteiger partial charge in [0.1, 0.15) is 6.26 Å². The molecule has 0 bridgehead atoms. The van der Waals surface area contributed by atoms with Crippen LogP contribution in [0.3, 0.4) is 0 Å². The van der Waals surface area contributed by atoms with E-state index in [9.17, 15) is 0 Å². The highest BCUT2D eigenvalue weighted by Gasteiger charge is 1.59. The minimum Gasteiger partial charge on any atom is -0.452 e. The molecule has 2 aromatic heterocycles. The molecule has 0 N–H and O–H groups in total. The van der Waals surface area contributed by atoms with Crippen LogP contribution in [0.1, 0.15) is 0 Å². The van der Waals surface area contributed by atoms with Crippen LogP contribution >= 0.6 is 12.4 Å². The topological polar surface area (TPSA) is 38.9 Å². The molecule has 0 saturated carbocycles. The maximum absolute atomic E-state index is 4.47. The summed E-state index contributed by atoms with van der Waals surface area (Å²) in [5.41, 5.74) is 0. The summed E-state index contributed by atoms with van der Waals surface area (Å²) >= 11 is 0. The van der Waals surface area contributed by atoms with Crippen LogP contribution in [0.15, 0.2) is 53.9 Å². The average Bonchev–Trinajstić information content (AvgIpc) is 2.64. The van der Waals surface area contributed by atoms with E-state index in [1.165, 1.54) is 12.7 Å². The van der Waals surface area contributed by atoms with Gasteiger partial charge in [0.2, 0.25) is 0 Å². The summed E-state index contributed by atoms with van der Waals surface area (Å²) in [6.07, 6.45) is 7.97. The molecule has 0 spiro atoms. The van der Waals surface area contributed by atoms with Crippen molar-refractivity contribution in [3.05, 3.63) is 49.4 Å². The number of pyridine rings is 1. The fourth-order valence-electron chi connectivity index (χ4n) is 0.488. The molecule has 0 fully saturated rings. The maximum atomic E-state index is 4.47. The van der Waals surface area contributed by atoms with E-state index in [0.29, 0.717) is 0 Å². The number of oxazole rings is 1. The number of rotatable bonds is 0. The van der Waals surface area contributed by atoms with Gasteiger partial charge in [-0.25, -0.2) is 4.98 Å².